The van der Waals surface area contributed by atoms with E-state index in [1.165, 1.54) is 24.3 Å². The van der Waals surface area contributed by atoms with E-state index in [0.717, 1.165) is 63.3 Å². The number of alkyl halides is 3. The van der Waals surface area contributed by atoms with Crippen molar-refractivity contribution in [2.45, 2.75) is 76.7 Å². The van der Waals surface area contributed by atoms with Crippen molar-refractivity contribution >= 4 is 11.5 Å². The molecule has 4 fully saturated rings. The van der Waals surface area contributed by atoms with Crippen molar-refractivity contribution in [2.24, 2.45) is 33.5 Å². The molecule has 0 radical (unpaired) electrons. The Balaban J connectivity index is 1.14. The van der Waals surface area contributed by atoms with Crippen LogP contribution in [0.25, 0.3) is 0 Å². The number of hydrogen-bond donors (Lipinski definition) is 2. The quantitative estimate of drug-likeness (QED) is 0.196. The first kappa shape index (κ1) is 33.2. The van der Waals surface area contributed by atoms with Gasteiger partial charge in [-0.3, -0.25) is 9.69 Å². The molecule has 2 spiro atoms. The average molecular weight is 679 g/mol. The number of aliphatic hydroxyl groups is 2. The summed E-state index contributed by atoms with van der Waals surface area (Å²) in [6.45, 7) is 8.05. The lowest BCUT2D eigenvalue weighted by Gasteiger charge is -2.71. The van der Waals surface area contributed by atoms with E-state index in [1.54, 1.807) is 12.1 Å². The maximum atomic E-state index is 14.7. The molecule has 0 amide bonds. The molecule has 3 saturated carbocycles. The third kappa shape index (κ3) is 4.70. The molecule has 1 saturated heterocycles. The molecule has 9 rings (SSSR count). The Labute approximate surface area is 285 Å². The average Bonchev–Trinajstić information content (AvgIpc) is 3.34. The number of Topliss-reactive ketones (excluding diaryl/α,β-unsaturated/α-hetero) is 1. The van der Waals surface area contributed by atoms with Gasteiger partial charge in [0, 0.05) is 65.8 Å². The van der Waals surface area contributed by atoms with Crippen molar-refractivity contribution in [3.63, 3.8) is 0 Å². The van der Waals surface area contributed by atoms with Crippen LogP contribution < -0.4 is 4.90 Å². The number of hydrogen-bond acceptors (Lipinski definition) is 5. The first-order valence-corrected chi connectivity index (χ1v) is 17.9. The van der Waals surface area contributed by atoms with Crippen molar-refractivity contribution in [1.29, 1.82) is 0 Å². The molecule has 1 aliphatic heterocycles. The highest BCUT2D eigenvalue weighted by Gasteiger charge is 2.74. The fourth-order valence-corrected chi connectivity index (χ4v) is 11.8. The summed E-state index contributed by atoms with van der Waals surface area (Å²) in [7, 11) is 0. The number of allylic oxidation sites excluding steroid dienone is 4. The highest BCUT2D eigenvalue weighted by molar-refractivity contribution is 6.10. The molecular formula is C40H46F4N2O3. The van der Waals surface area contributed by atoms with Gasteiger partial charge in [-0.05, 0) is 98.6 Å². The van der Waals surface area contributed by atoms with Crippen LogP contribution in [0, 0.1) is 39.3 Å². The molecule has 2 N–H and O–H groups in total. The van der Waals surface area contributed by atoms with Crippen LogP contribution in [0.1, 0.15) is 74.7 Å². The predicted octanol–water partition coefficient (Wildman–Crippen LogP) is 7.44. The highest BCUT2D eigenvalue weighted by Crippen LogP contribution is 2.78. The number of halogens is 4. The number of carbonyl (C=O) groups is 1. The number of carbonyl (C=O) groups excluding carboxylic acids is 1. The Hall–Kier alpha value is -3.01. The number of benzene rings is 2. The molecule has 2 bridgehead atoms. The van der Waals surface area contributed by atoms with Gasteiger partial charge in [-0.2, -0.15) is 13.2 Å². The SMILES string of the molecule is C[C@]12CC[C@H]3[C@]4(C=C[C@@]5(C=C4C(=O)c4cccc(C(F)(F)F)c4)CC(O)CC[C@]35C)[C@@H]1CC[C@@]2(O)CN1CCN(c2ccc(F)cc2)CC1. The third-order valence-corrected chi connectivity index (χ3v) is 14.5. The molecule has 1 heterocycles. The van der Waals surface area contributed by atoms with Gasteiger partial charge in [-0.15, -0.1) is 0 Å². The molecular weight excluding hydrogens is 632 g/mol. The molecule has 2 aromatic rings. The standard InChI is InChI=1S/C40H46F4N2O3/c1-35-13-10-30(47)23-37(35)16-17-39(31(24-37)34(48)26-4-3-5-27(22-26)40(42,43)44)32(35)11-14-36(2)33(39)12-15-38(36,49)25-45-18-20-46(21-19-45)29-8-6-28(41)7-9-29/h3-9,16-17,22,24,30,32-33,47,49H,10-15,18-21,23,25H2,1-2H3/t30?,32-,33-,35-,36+,37+,38-,39-/m1/s1. The van der Waals surface area contributed by atoms with E-state index < -0.39 is 39.7 Å². The summed E-state index contributed by atoms with van der Waals surface area (Å²) in [5.74, 6) is -0.655. The molecule has 9 heteroatoms. The summed E-state index contributed by atoms with van der Waals surface area (Å²) < 4.78 is 55.0. The Morgan fingerprint density at radius 2 is 1.57 bits per heavy atom. The molecule has 5 nitrogen and oxygen atoms in total. The smallest absolute Gasteiger partial charge is 0.393 e. The van der Waals surface area contributed by atoms with Crippen LogP contribution in [0.15, 0.2) is 72.3 Å². The molecule has 49 heavy (non-hydrogen) atoms. The summed E-state index contributed by atoms with van der Waals surface area (Å²) >= 11 is 0. The second-order valence-electron chi connectivity index (χ2n) is 16.5. The lowest BCUT2D eigenvalue weighted by atomic mass is 9.32. The van der Waals surface area contributed by atoms with E-state index in [-0.39, 0.29) is 34.4 Å². The molecule has 6 aliphatic carbocycles. The highest BCUT2D eigenvalue weighted by atomic mass is 19.4. The van der Waals surface area contributed by atoms with E-state index in [9.17, 15) is 32.6 Å². The molecule has 1 unspecified atom stereocenters. The number of β-amino-alcohol motifs (C(OH)–C–C–N with tert-alkyl or cyclic N) is 1. The van der Waals surface area contributed by atoms with Crippen LogP contribution in [-0.4, -0.2) is 65.3 Å². The van der Waals surface area contributed by atoms with Gasteiger partial charge >= 0.3 is 6.18 Å². The maximum absolute atomic E-state index is 14.7. The number of rotatable bonds is 5. The van der Waals surface area contributed by atoms with Gasteiger partial charge in [0.1, 0.15) is 5.82 Å². The minimum atomic E-state index is -4.57. The summed E-state index contributed by atoms with van der Waals surface area (Å²) in [6, 6.07) is 11.3. The molecule has 8 atom stereocenters. The summed E-state index contributed by atoms with van der Waals surface area (Å²) in [4.78, 5) is 19.3. The second kappa shape index (κ2) is 11.0. The zero-order valence-corrected chi connectivity index (χ0v) is 28.3. The first-order valence-electron chi connectivity index (χ1n) is 17.9. The van der Waals surface area contributed by atoms with Crippen LogP contribution in [0.5, 0.6) is 0 Å². The van der Waals surface area contributed by atoms with Crippen molar-refractivity contribution in [3.05, 3.63) is 89.3 Å². The van der Waals surface area contributed by atoms with Gasteiger partial charge in [0.05, 0.1) is 17.3 Å². The van der Waals surface area contributed by atoms with E-state index in [1.807, 2.05) is 6.08 Å². The van der Waals surface area contributed by atoms with Crippen LogP contribution in [-0.2, 0) is 6.18 Å². The van der Waals surface area contributed by atoms with Gasteiger partial charge in [0.25, 0.3) is 0 Å². The summed E-state index contributed by atoms with van der Waals surface area (Å²) in [5.41, 5.74) is -2.33. The second-order valence-corrected chi connectivity index (χ2v) is 16.5. The fourth-order valence-electron chi connectivity index (χ4n) is 11.8. The van der Waals surface area contributed by atoms with Crippen molar-refractivity contribution in [1.82, 2.24) is 4.90 Å². The number of piperazine rings is 1. The maximum Gasteiger partial charge on any atom is 0.416 e. The minimum Gasteiger partial charge on any atom is -0.393 e. The van der Waals surface area contributed by atoms with Crippen LogP contribution in [0.3, 0.4) is 0 Å². The monoisotopic (exact) mass is 678 g/mol. The Morgan fingerprint density at radius 3 is 2.29 bits per heavy atom. The van der Waals surface area contributed by atoms with Crippen molar-refractivity contribution < 1.29 is 32.6 Å². The molecule has 0 aromatic heterocycles. The Bertz CT molecular complexity index is 1720. The van der Waals surface area contributed by atoms with E-state index >= 15 is 0 Å². The summed E-state index contributed by atoms with van der Waals surface area (Å²) in [6.07, 6.45) is 6.23. The van der Waals surface area contributed by atoms with Gasteiger partial charge in [-0.25, -0.2) is 4.39 Å². The topological polar surface area (TPSA) is 64.0 Å². The number of aliphatic hydroxyl groups excluding tert-OH is 1. The minimum absolute atomic E-state index is 0.0316. The van der Waals surface area contributed by atoms with Crippen LogP contribution in [0.2, 0.25) is 0 Å². The van der Waals surface area contributed by atoms with Crippen LogP contribution >= 0.6 is 0 Å². The van der Waals surface area contributed by atoms with E-state index in [0.29, 0.717) is 37.8 Å². The number of fused-ring (bicyclic) bond motifs is 1. The van der Waals surface area contributed by atoms with Gasteiger partial charge in [0.2, 0.25) is 0 Å². The summed E-state index contributed by atoms with van der Waals surface area (Å²) in [5, 5.41) is 23.7. The normalized spacial score (nSPS) is 40.0. The molecule has 262 valence electrons. The van der Waals surface area contributed by atoms with E-state index in [4.69, 9.17) is 0 Å². The Morgan fingerprint density at radius 1 is 0.898 bits per heavy atom. The zero-order chi connectivity index (χ0) is 34.6. The molecule has 2 aromatic carbocycles. The molecule has 7 aliphatic rings. The zero-order valence-electron chi connectivity index (χ0n) is 28.3. The van der Waals surface area contributed by atoms with Crippen molar-refractivity contribution in [2.75, 3.05) is 37.6 Å². The largest absolute Gasteiger partial charge is 0.416 e. The lowest BCUT2D eigenvalue weighted by Crippen LogP contribution is -2.67. The van der Waals surface area contributed by atoms with E-state index in [2.05, 4.69) is 35.8 Å². The number of nitrogens with zero attached hydrogens (tertiary/aromatic N) is 2. The number of ketones is 1. The van der Waals surface area contributed by atoms with Gasteiger partial charge in [0.15, 0.2) is 5.78 Å². The van der Waals surface area contributed by atoms with Crippen molar-refractivity contribution in [3.8, 4) is 0 Å². The van der Waals surface area contributed by atoms with Crippen LogP contribution in [0.4, 0.5) is 23.2 Å². The third-order valence-electron chi connectivity index (χ3n) is 14.5. The lowest BCUT2D eigenvalue weighted by molar-refractivity contribution is -0.176. The van der Waals surface area contributed by atoms with Gasteiger partial charge in [-0.1, -0.05) is 44.2 Å². The predicted molar refractivity (Wildman–Crippen MR) is 179 cm³/mol. The fraction of sp³-hybridized carbons (Fsp3) is 0.575. The Kier molecular flexibility index (Phi) is 7.44. The number of anilines is 1. The first-order chi connectivity index (χ1) is 23.1. The van der Waals surface area contributed by atoms with Gasteiger partial charge < -0.3 is 15.1 Å².